The molecule has 3 heteroatoms. The van der Waals surface area contributed by atoms with Crippen LogP contribution < -0.4 is 5.32 Å². The molecule has 92 valence electrons. The van der Waals surface area contributed by atoms with Gasteiger partial charge in [0.2, 0.25) is 0 Å². The average molecular weight is 248 g/mol. The number of anilines is 1. The van der Waals surface area contributed by atoms with Crippen molar-refractivity contribution in [2.75, 3.05) is 11.6 Å². The molecule has 0 radical (unpaired) electrons. The molecule has 2 atom stereocenters. The SMILES string of the molecule is CSC1CCCC1Nc1ccc2c(n1)CCC2. The third-order valence-electron chi connectivity index (χ3n) is 4.02. The Morgan fingerprint density at radius 1 is 1.24 bits per heavy atom. The van der Waals surface area contributed by atoms with Gasteiger partial charge in [-0.3, -0.25) is 0 Å². The van der Waals surface area contributed by atoms with E-state index < -0.39 is 0 Å². The van der Waals surface area contributed by atoms with Crippen molar-refractivity contribution in [1.82, 2.24) is 4.98 Å². The second kappa shape index (κ2) is 4.89. The molecule has 0 saturated heterocycles. The van der Waals surface area contributed by atoms with Crippen molar-refractivity contribution in [3.8, 4) is 0 Å². The summed E-state index contributed by atoms with van der Waals surface area (Å²) in [6.07, 6.45) is 9.90. The standard InChI is InChI=1S/C14H20N2S/c1-17-13-7-3-6-12(13)16-14-9-8-10-4-2-5-11(10)15-14/h8-9,12-13H,2-7H2,1H3,(H,15,16). The van der Waals surface area contributed by atoms with Crippen LogP contribution in [0.5, 0.6) is 0 Å². The summed E-state index contributed by atoms with van der Waals surface area (Å²) in [7, 11) is 0. The zero-order chi connectivity index (χ0) is 11.7. The third-order valence-corrected chi connectivity index (χ3v) is 5.19. The minimum Gasteiger partial charge on any atom is -0.366 e. The van der Waals surface area contributed by atoms with Gasteiger partial charge in [-0.15, -0.1) is 0 Å². The van der Waals surface area contributed by atoms with Gasteiger partial charge in [-0.05, 0) is 50.0 Å². The van der Waals surface area contributed by atoms with Crippen LogP contribution in [0, 0.1) is 0 Å². The van der Waals surface area contributed by atoms with Gasteiger partial charge in [0, 0.05) is 17.0 Å². The highest BCUT2D eigenvalue weighted by Crippen LogP contribution is 2.31. The fraction of sp³-hybridized carbons (Fsp3) is 0.643. The fourth-order valence-corrected chi connectivity index (χ4v) is 4.00. The molecule has 0 bridgehead atoms. The smallest absolute Gasteiger partial charge is 0.126 e. The Morgan fingerprint density at radius 2 is 2.18 bits per heavy atom. The molecule has 1 heterocycles. The number of fused-ring (bicyclic) bond motifs is 1. The molecule has 0 aliphatic heterocycles. The number of aromatic nitrogens is 1. The van der Waals surface area contributed by atoms with E-state index in [2.05, 4.69) is 23.7 Å². The van der Waals surface area contributed by atoms with Gasteiger partial charge in [-0.25, -0.2) is 4.98 Å². The van der Waals surface area contributed by atoms with Crippen molar-refractivity contribution in [2.45, 2.75) is 49.8 Å². The summed E-state index contributed by atoms with van der Waals surface area (Å²) in [5, 5.41) is 4.41. The molecule has 2 nitrogen and oxygen atoms in total. The lowest BCUT2D eigenvalue weighted by atomic mass is 10.2. The largest absolute Gasteiger partial charge is 0.366 e. The van der Waals surface area contributed by atoms with Crippen molar-refractivity contribution in [2.24, 2.45) is 0 Å². The number of pyridine rings is 1. The van der Waals surface area contributed by atoms with Crippen molar-refractivity contribution in [3.05, 3.63) is 23.4 Å². The first-order valence-corrected chi connectivity index (χ1v) is 7.94. The molecular weight excluding hydrogens is 228 g/mol. The zero-order valence-corrected chi connectivity index (χ0v) is 11.2. The van der Waals surface area contributed by atoms with Gasteiger partial charge in [0.1, 0.15) is 5.82 Å². The second-order valence-corrected chi connectivity index (χ2v) is 6.19. The summed E-state index contributed by atoms with van der Waals surface area (Å²) in [6, 6.07) is 5.05. The minimum absolute atomic E-state index is 0.622. The topological polar surface area (TPSA) is 24.9 Å². The summed E-state index contributed by atoms with van der Waals surface area (Å²) < 4.78 is 0. The molecule has 1 fully saturated rings. The first-order valence-electron chi connectivity index (χ1n) is 6.65. The highest BCUT2D eigenvalue weighted by atomic mass is 32.2. The maximum Gasteiger partial charge on any atom is 0.126 e. The molecule has 1 aromatic rings. The van der Waals surface area contributed by atoms with Crippen LogP contribution in [-0.2, 0) is 12.8 Å². The van der Waals surface area contributed by atoms with Crippen LogP contribution in [0.1, 0.15) is 36.9 Å². The van der Waals surface area contributed by atoms with Crippen molar-refractivity contribution >= 4 is 17.6 Å². The van der Waals surface area contributed by atoms with E-state index in [1.54, 1.807) is 0 Å². The molecule has 2 unspecified atom stereocenters. The Labute approximate surface area is 108 Å². The van der Waals surface area contributed by atoms with Gasteiger partial charge in [0.25, 0.3) is 0 Å². The van der Waals surface area contributed by atoms with Gasteiger partial charge in [-0.2, -0.15) is 11.8 Å². The number of nitrogens with zero attached hydrogens (tertiary/aromatic N) is 1. The minimum atomic E-state index is 0.622. The maximum absolute atomic E-state index is 4.77. The van der Waals surface area contributed by atoms with E-state index in [4.69, 9.17) is 4.98 Å². The highest BCUT2D eigenvalue weighted by Gasteiger charge is 2.26. The normalized spacial score (nSPS) is 27.1. The maximum atomic E-state index is 4.77. The molecular formula is C14H20N2S. The zero-order valence-electron chi connectivity index (χ0n) is 10.4. The number of hydrogen-bond donors (Lipinski definition) is 1. The van der Waals surface area contributed by atoms with E-state index in [1.165, 1.54) is 49.8 Å². The van der Waals surface area contributed by atoms with Crippen LogP contribution in [0.2, 0.25) is 0 Å². The number of aryl methyl sites for hydroxylation is 2. The van der Waals surface area contributed by atoms with Crippen molar-refractivity contribution in [1.29, 1.82) is 0 Å². The lowest BCUT2D eigenvalue weighted by Crippen LogP contribution is -2.26. The second-order valence-electron chi connectivity index (χ2n) is 5.11. The predicted octanol–water partition coefficient (Wildman–Crippen LogP) is 3.27. The van der Waals surface area contributed by atoms with E-state index in [9.17, 15) is 0 Å². The summed E-state index contributed by atoms with van der Waals surface area (Å²) in [5.41, 5.74) is 2.79. The van der Waals surface area contributed by atoms with Gasteiger partial charge < -0.3 is 5.32 Å². The van der Waals surface area contributed by atoms with E-state index in [-0.39, 0.29) is 0 Å². The molecule has 1 saturated carbocycles. The van der Waals surface area contributed by atoms with Gasteiger partial charge >= 0.3 is 0 Å². The predicted molar refractivity (Wildman–Crippen MR) is 74.8 cm³/mol. The van der Waals surface area contributed by atoms with Crippen LogP contribution in [0.3, 0.4) is 0 Å². The fourth-order valence-electron chi connectivity index (χ4n) is 3.06. The molecule has 0 aromatic carbocycles. The number of nitrogens with one attached hydrogen (secondary N) is 1. The van der Waals surface area contributed by atoms with Crippen LogP contribution in [-0.4, -0.2) is 22.5 Å². The third kappa shape index (κ3) is 2.30. The van der Waals surface area contributed by atoms with Crippen LogP contribution in [0.25, 0.3) is 0 Å². The highest BCUT2D eigenvalue weighted by molar-refractivity contribution is 7.99. The Balaban J connectivity index is 1.72. The monoisotopic (exact) mass is 248 g/mol. The molecule has 0 amide bonds. The van der Waals surface area contributed by atoms with E-state index >= 15 is 0 Å². The number of rotatable bonds is 3. The molecule has 2 aliphatic rings. The Bertz CT molecular complexity index is 405. The van der Waals surface area contributed by atoms with E-state index in [0.29, 0.717) is 6.04 Å². The molecule has 2 aliphatic carbocycles. The van der Waals surface area contributed by atoms with Gasteiger partial charge in [0.05, 0.1) is 0 Å². The molecule has 0 spiro atoms. The molecule has 17 heavy (non-hydrogen) atoms. The Morgan fingerprint density at radius 3 is 3.06 bits per heavy atom. The van der Waals surface area contributed by atoms with Crippen molar-refractivity contribution < 1.29 is 0 Å². The Kier molecular flexibility index (Phi) is 3.28. The average Bonchev–Trinajstić information content (AvgIpc) is 2.96. The summed E-state index contributed by atoms with van der Waals surface area (Å²) in [5.74, 6) is 1.09. The quantitative estimate of drug-likeness (QED) is 0.888. The van der Waals surface area contributed by atoms with Gasteiger partial charge in [-0.1, -0.05) is 12.5 Å². The van der Waals surface area contributed by atoms with E-state index in [0.717, 1.165) is 11.1 Å². The number of hydrogen-bond acceptors (Lipinski definition) is 3. The van der Waals surface area contributed by atoms with Crippen molar-refractivity contribution in [3.63, 3.8) is 0 Å². The summed E-state index contributed by atoms with van der Waals surface area (Å²) >= 11 is 1.99. The lowest BCUT2D eigenvalue weighted by Gasteiger charge is -2.20. The van der Waals surface area contributed by atoms with Gasteiger partial charge in [0.15, 0.2) is 0 Å². The first-order chi connectivity index (χ1) is 8.36. The van der Waals surface area contributed by atoms with E-state index in [1.807, 2.05) is 11.8 Å². The molecule has 3 rings (SSSR count). The lowest BCUT2D eigenvalue weighted by molar-refractivity contribution is 0.762. The van der Waals surface area contributed by atoms with Crippen LogP contribution in [0.15, 0.2) is 12.1 Å². The van der Waals surface area contributed by atoms with Crippen LogP contribution in [0.4, 0.5) is 5.82 Å². The Hall–Kier alpha value is -0.700. The molecule has 1 N–H and O–H groups in total. The number of thioether (sulfide) groups is 1. The first kappa shape index (κ1) is 11.4. The summed E-state index contributed by atoms with van der Waals surface area (Å²) in [6.45, 7) is 0. The summed E-state index contributed by atoms with van der Waals surface area (Å²) in [4.78, 5) is 4.77. The molecule has 1 aromatic heterocycles. The van der Waals surface area contributed by atoms with Crippen LogP contribution >= 0.6 is 11.8 Å².